The van der Waals surface area contributed by atoms with Crippen LogP contribution in [0.2, 0.25) is 0 Å². The lowest BCUT2D eigenvalue weighted by Gasteiger charge is -2.03. The first kappa shape index (κ1) is 11.2. The van der Waals surface area contributed by atoms with E-state index in [2.05, 4.69) is 16.4 Å². The Morgan fingerprint density at radius 1 is 1.25 bits per heavy atom. The van der Waals surface area contributed by atoms with Gasteiger partial charge in [0.25, 0.3) is 0 Å². The van der Waals surface area contributed by atoms with Gasteiger partial charge in [0.2, 0.25) is 0 Å². The highest BCUT2D eigenvalue weighted by Gasteiger charge is 1.98. The number of methoxy groups -OCH3 is 1. The van der Waals surface area contributed by atoms with Crippen molar-refractivity contribution in [2.24, 2.45) is 0 Å². The number of rotatable bonds is 6. The Bertz CT molecular complexity index is 114. The maximum absolute atomic E-state index is 10.4. The van der Waals surface area contributed by atoms with Gasteiger partial charge in [-0.1, -0.05) is 13.3 Å². The molecule has 0 saturated heterocycles. The fraction of sp³-hybridized carbons (Fsp3) is 0.875. The first-order chi connectivity index (χ1) is 5.81. The zero-order chi connectivity index (χ0) is 9.23. The molecule has 0 rings (SSSR count). The van der Waals surface area contributed by atoms with Crippen molar-refractivity contribution >= 4 is 6.16 Å². The van der Waals surface area contributed by atoms with Gasteiger partial charge in [-0.2, -0.15) is 0 Å². The van der Waals surface area contributed by atoms with E-state index in [1.165, 1.54) is 7.11 Å². The normalized spacial score (nSPS) is 9.50. The summed E-state index contributed by atoms with van der Waals surface area (Å²) in [7, 11) is 1.28. The third kappa shape index (κ3) is 7.34. The van der Waals surface area contributed by atoms with Crippen LogP contribution in [0.5, 0.6) is 0 Å². The molecule has 0 aromatic carbocycles. The van der Waals surface area contributed by atoms with Crippen molar-refractivity contribution in [1.29, 1.82) is 0 Å². The van der Waals surface area contributed by atoms with Crippen LogP contribution in [0.3, 0.4) is 0 Å². The minimum absolute atomic E-state index is 0.260. The lowest BCUT2D eigenvalue weighted by molar-refractivity contribution is 0.0370. The van der Waals surface area contributed by atoms with Crippen molar-refractivity contribution in [2.45, 2.75) is 19.8 Å². The Kier molecular flexibility index (Phi) is 7.79. The number of unbranched alkanes of at least 4 members (excludes halogenated alkanes) is 1. The molecule has 0 aromatic heterocycles. The Balaban J connectivity index is 2.95. The molecular weight excluding hydrogens is 160 g/mol. The summed E-state index contributed by atoms with van der Waals surface area (Å²) in [5, 5.41) is 0. The van der Waals surface area contributed by atoms with Crippen molar-refractivity contribution in [3.63, 3.8) is 0 Å². The molecule has 0 spiro atoms. The van der Waals surface area contributed by atoms with Gasteiger partial charge in [-0.05, 0) is 6.42 Å². The van der Waals surface area contributed by atoms with Crippen molar-refractivity contribution in [2.75, 3.05) is 26.9 Å². The first-order valence-corrected chi connectivity index (χ1v) is 4.09. The summed E-state index contributed by atoms with van der Waals surface area (Å²) in [4.78, 5) is 10.4. The van der Waals surface area contributed by atoms with Crippen molar-refractivity contribution < 1.29 is 19.0 Å². The Hall–Kier alpha value is -0.770. The molecule has 12 heavy (non-hydrogen) atoms. The first-order valence-electron chi connectivity index (χ1n) is 4.09. The van der Waals surface area contributed by atoms with E-state index < -0.39 is 6.16 Å². The summed E-state index contributed by atoms with van der Waals surface area (Å²) < 4.78 is 14.0. The van der Waals surface area contributed by atoms with Gasteiger partial charge in [-0.15, -0.1) is 0 Å². The molecule has 0 radical (unpaired) electrons. The van der Waals surface area contributed by atoms with Gasteiger partial charge in [-0.3, -0.25) is 0 Å². The molecule has 0 unspecified atom stereocenters. The van der Waals surface area contributed by atoms with Crippen LogP contribution >= 0.6 is 0 Å². The molecule has 0 aliphatic carbocycles. The molecule has 0 heterocycles. The van der Waals surface area contributed by atoms with Crippen LogP contribution < -0.4 is 0 Å². The molecule has 0 atom stereocenters. The van der Waals surface area contributed by atoms with E-state index in [4.69, 9.17) is 4.74 Å². The van der Waals surface area contributed by atoms with Gasteiger partial charge < -0.3 is 14.2 Å². The Morgan fingerprint density at radius 3 is 2.58 bits per heavy atom. The Labute approximate surface area is 72.8 Å². The second-order valence-corrected chi connectivity index (χ2v) is 2.27. The largest absolute Gasteiger partial charge is 0.508 e. The minimum Gasteiger partial charge on any atom is -0.438 e. The molecule has 0 aliphatic rings. The van der Waals surface area contributed by atoms with Crippen LogP contribution in [0.4, 0.5) is 4.79 Å². The molecule has 72 valence electrons. The summed E-state index contributed by atoms with van der Waals surface area (Å²) >= 11 is 0. The van der Waals surface area contributed by atoms with Crippen LogP contribution in [-0.2, 0) is 14.2 Å². The molecule has 0 bridgehead atoms. The molecule has 0 aliphatic heterocycles. The third-order valence-electron chi connectivity index (χ3n) is 1.26. The van der Waals surface area contributed by atoms with E-state index in [9.17, 15) is 4.79 Å². The SMILES string of the molecule is CCCCOCCOC(=O)OC. The van der Waals surface area contributed by atoms with E-state index in [0.717, 1.165) is 19.4 Å². The van der Waals surface area contributed by atoms with E-state index in [1.807, 2.05) is 0 Å². The zero-order valence-electron chi connectivity index (χ0n) is 7.67. The van der Waals surface area contributed by atoms with Crippen LogP contribution in [0.25, 0.3) is 0 Å². The maximum atomic E-state index is 10.4. The topological polar surface area (TPSA) is 44.8 Å². The predicted molar refractivity (Wildman–Crippen MR) is 44.1 cm³/mol. The van der Waals surface area contributed by atoms with E-state index >= 15 is 0 Å². The third-order valence-corrected chi connectivity index (χ3v) is 1.26. The average molecular weight is 176 g/mol. The Morgan fingerprint density at radius 2 is 2.00 bits per heavy atom. The number of carbonyl (C=O) groups is 1. The number of hydrogen-bond acceptors (Lipinski definition) is 4. The van der Waals surface area contributed by atoms with Gasteiger partial charge in [0.05, 0.1) is 13.7 Å². The minimum atomic E-state index is -0.658. The van der Waals surface area contributed by atoms with Crippen molar-refractivity contribution in [3.05, 3.63) is 0 Å². The monoisotopic (exact) mass is 176 g/mol. The number of carbonyl (C=O) groups excluding carboxylic acids is 1. The van der Waals surface area contributed by atoms with Crippen molar-refractivity contribution in [3.8, 4) is 0 Å². The van der Waals surface area contributed by atoms with Crippen LogP contribution in [0.1, 0.15) is 19.8 Å². The fourth-order valence-corrected chi connectivity index (χ4v) is 0.591. The summed E-state index contributed by atoms with van der Waals surface area (Å²) in [5.41, 5.74) is 0. The second-order valence-electron chi connectivity index (χ2n) is 2.27. The highest BCUT2D eigenvalue weighted by molar-refractivity contribution is 5.59. The average Bonchev–Trinajstić information content (AvgIpc) is 2.10. The molecule has 0 aromatic rings. The number of hydrogen-bond donors (Lipinski definition) is 0. The van der Waals surface area contributed by atoms with Crippen LogP contribution in [-0.4, -0.2) is 33.1 Å². The van der Waals surface area contributed by atoms with Gasteiger partial charge in [0.1, 0.15) is 6.61 Å². The number of ether oxygens (including phenoxy) is 3. The lowest BCUT2D eigenvalue weighted by atomic mass is 10.4. The van der Waals surface area contributed by atoms with E-state index in [-0.39, 0.29) is 6.61 Å². The maximum Gasteiger partial charge on any atom is 0.508 e. The van der Waals surface area contributed by atoms with Crippen LogP contribution in [0, 0.1) is 0 Å². The molecule has 0 saturated carbocycles. The van der Waals surface area contributed by atoms with Gasteiger partial charge in [0.15, 0.2) is 0 Å². The second kappa shape index (κ2) is 8.33. The predicted octanol–water partition coefficient (Wildman–Crippen LogP) is 1.59. The van der Waals surface area contributed by atoms with E-state index in [1.54, 1.807) is 0 Å². The van der Waals surface area contributed by atoms with Gasteiger partial charge >= 0.3 is 6.16 Å². The lowest BCUT2D eigenvalue weighted by Crippen LogP contribution is -2.10. The molecule has 4 nitrogen and oxygen atoms in total. The van der Waals surface area contributed by atoms with Crippen molar-refractivity contribution in [1.82, 2.24) is 0 Å². The molecule has 0 fully saturated rings. The van der Waals surface area contributed by atoms with Gasteiger partial charge in [-0.25, -0.2) is 4.79 Å². The zero-order valence-corrected chi connectivity index (χ0v) is 7.67. The summed E-state index contributed by atoms with van der Waals surface area (Å²) in [6.45, 7) is 3.51. The molecule has 4 heteroatoms. The molecule has 0 amide bonds. The molecule has 0 N–H and O–H groups in total. The van der Waals surface area contributed by atoms with E-state index in [0.29, 0.717) is 6.61 Å². The smallest absolute Gasteiger partial charge is 0.438 e. The molecular formula is C8H16O4. The van der Waals surface area contributed by atoms with Crippen LogP contribution in [0.15, 0.2) is 0 Å². The summed E-state index contributed by atoms with van der Waals surface area (Å²) in [5.74, 6) is 0. The summed E-state index contributed by atoms with van der Waals surface area (Å²) in [6.07, 6.45) is 1.49. The quantitative estimate of drug-likeness (QED) is 0.455. The highest BCUT2D eigenvalue weighted by Crippen LogP contribution is 1.88. The van der Waals surface area contributed by atoms with Gasteiger partial charge in [0, 0.05) is 6.61 Å². The standard InChI is InChI=1S/C8H16O4/c1-3-4-5-11-6-7-12-8(9)10-2/h3-7H2,1-2H3. The highest BCUT2D eigenvalue weighted by atomic mass is 16.7. The fourth-order valence-electron chi connectivity index (χ4n) is 0.591. The summed E-state index contributed by atoms with van der Waals surface area (Å²) in [6, 6.07) is 0.